The van der Waals surface area contributed by atoms with Gasteiger partial charge in [-0.3, -0.25) is 18.8 Å². The highest BCUT2D eigenvalue weighted by molar-refractivity contribution is 7.92. The number of rotatable bonds is 10. The summed E-state index contributed by atoms with van der Waals surface area (Å²) in [4.78, 5) is 27.1. The van der Waals surface area contributed by atoms with Gasteiger partial charge in [0.15, 0.2) is 0 Å². The second-order valence-corrected chi connectivity index (χ2v) is 13.4. The van der Waals surface area contributed by atoms with Gasteiger partial charge in [-0.05, 0) is 59.5 Å². The summed E-state index contributed by atoms with van der Waals surface area (Å²) < 4.78 is 27.5. The van der Waals surface area contributed by atoms with Gasteiger partial charge in [0, 0.05) is 28.7 Å². The maximum absolute atomic E-state index is 13.1. The summed E-state index contributed by atoms with van der Waals surface area (Å²) in [6.45, 7) is 4.22. The van der Waals surface area contributed by atoms with E-state index in [0.29, 0.717) is 23.1 Å². The Morgan fingerprint density at radius 1 is 1.00 bits per heavy atom. The van der Waals surface area contributed by atoms with E-state index in [2.05, 4.69) is 10.2 Å². The second-order valence-electron chi connectivity index (χ2n) is 10.7. The predicted octanol–water partition coefficient (Wildman–Crippen LogP) is 4.34. The Morgan fingerprint density at radius 2 is 1.52 bits per heavy atom. The number of nitrogens with one attached hydrogen (secondary N) is 1. The number of anilines is 1. The van der Waals surface area contributed by atoms with Crippen molar-refractivity contribution in [3.8, 4) is 6.07 Å². The molecule has 0 aromatic heterocycles. The van der Waals surface area contributed by atoms with Gasteiger partial charge >= 0.3 is 0 Å². The number of benzene rings is 3. The highest BCUT2D eigenvalue weighted by Gasteiger charge is 2.41. The molecule has 1 saturated heterocycles. The highest BCUT2D eigenvalue weighted by Crippen LogP contribution is 2.37. The number of primary amides is 1. The first-order chi connectivity index (χ1) is 19.8. The van der Waals surface area contributed by atoms with E-state index in [0.717, 1.165) is 17.4 Å². The molecule has 1 fully saturated rings. The molecule has 0 aliphatic carbocycles. The predicted molar refractivity (Wildman–Crippen MR) is 164 cm³/mol. The molecule has 12 heteroatoms. The van der Waals surface area contributed by atoms with Crippen LogP contribution >= 0.6 is 23.2 Å². The summed E-state index contributed by atoms with van der Waals surface area (Å²) in [5.41, 5.74) is 7.72. The number of nitriles is 1. The van der Waals surface area contributed by atoms with Crippen LogP contribution in [-0.2, 0) is 14.8 Å². The van der Waals surface area contributed by atoms with Gasteiger partial charge < -0.3 is 11.1 Å². The lowest BCUT2D eigenvalue weighted by Crippen LogP contribution is -2.61. The molecule has 3 aromatic carbocycles. The van der Waals surface area contributed by atoms with Gasteiger partial charge in [-0.15, -0.1) is 0 Å². The van der Waals surface area contributed by atoms with Crippen LogP contribution in [0.15, 0.2) is 66.7 Å². The maximum Gasteiger partial charge on any atom is 0.252 e. The Morgan fingerprint density at radius 3 is 1.95 bits per heavy atom. The molecule has 1 aliphatic rings. The van der Waals surface area contributed by atoms with E-state index in [-0.39, 0.29) is 28.8 Å². The van der Waals surface area contributed by atoms with Crippen molar-refractivity contribution in [1.29, 1.82) is 5.26 Å². The molecule has 0 radical (unpaired) electrons. The monoisotopic (exact) mass is 627 g/mol. The van der Waals surface area contributed by atoms with E-state index in [1.165, 1.54) is 22.5 Å². The Balaban J connectivity index is 1.66. The van der Waals surface area contributed by atoms with E-state index in [1.54, 1.807) is 13.8 Å². The molecule has 0 unspecified atom stereocenters. The lowest BCUT2D eigenvalue weighted by molar-refractivity contribution is -0.120. The molecule has 2 amide bonds. The Labute approximate surface area is 255 Å². The van der Waals surface area contributed by atoms with Crippen molar-refractivity contribution in [3.05, 3.63) is 99.0 Å². The van der Waals surface area contributed by atoms with Gasteiger partial charge in [0.05, 0.1) is 35.7 Å². The molecule has 220 valence electrons. The zero-order valence-corrected chi connectivity index (χ0v) is 25.6. The molecule has 0 saturated carbocycles. The van der Waals surface area contributed by atoms with Gasteiger partial charge in [0.25, 0.3) is 5.91 Å². The summed E-state index contributed by atoms with van der Waals surface area (Å²) in [6, 6.07) is 19.6. The molecule has 0 spiro atoms. The fourth-order valence-corrected chi connectivity index (χ4v) is 6.56. The Hall–Kier alpha value is -3.62. The molecule has 1 heterocycles. The largest absolute Gasteiger partial charge is 0.368 e. The lowest BCUT2D eigenvalue weighted by atomic mass is 9.93. The van der Waals surface area contributed by atoms with Crippen LogP contribution in [0.4, 0.5) is 5.69 Å². The Kier molecular flexibility index (Phi) is 9.48. The van der Waals surface area contributed by atoms with Crippen molar-refractivity contribution >= 4 is 50.7 Å². The average Bonchev–Trinajstić information content (AvgIpc) is 2.90. The SMILES string of the molecule is CC(C)[C@H](NC(=O)c1cc(C#N)cc(N(C2CN(C(c3ccc(Cl)cc3)c3ccc(Cl)cc3)C2)S(C)(=O)=O)c1)C(N)=O. The number of sulfonamides is 1. The lowest BCUT2D eigenvalue weighted by Gasteiger charge is -2.48. The minimum atomic E-state index is -3.83. The molecule has 4 rings (SSSR count). The molecule has 1 atom stereocenters. The highest BCUT2D eigenvalue weighted by atomic mass is 35.5. The van der Waals surface area contributed by atoms with Crippen LogP contribution in [0.5, 0.6) is 0 Å². The number of nitrogens with zero attached hydrogens (tertiary/aromatic N) is 3. The van der Waals surface area contributed by atoms with Crippen LogP contribution in [0.1, 0.15) is 46.9 Å². The fourth-order valence-electron chi connectivity index (χ4n) is 5.15. The van der Waals surface area contributed by atoms with Crippen molar-refractivity contribution in [2.45, 2.75) is 32.0 Å². The first kappa shape index (κ1) is 31.3. The molecule has 0 bridgehead atoms. The molecular formula is C30H31Cl2N5O4S. The summed E-state index contributed by atoms with van der Waals surface area (Å²) in [6.07, 6.45) is 1.09. The van der Waals surface area contributed by atoms with E-state index in [4.69, 9.17) is 28.9 Å². The van der Waals surface area contributed by atoms with Gasteiger partial charge in [-0.1, -0.05) is 61.3 Å². The van der Waals surface area contributed by atoms with Gasteiger partial charge in [0.2, 0.25) is 15.9 Å². The van der Waals surface area contributed by atoms with E-state index >= 15 is 0 Å². The number of hydrogen-bond donors (Lipinski definition) is 2. The third kappa shape index (κ3) is 7.05. The van der Waals surface area contributed by atoms with Gasteiger partial charge in [0.1, 0.15) is 6.04 Å². The smallest absolute Gasteiger partial charge is 0.252 e. The maximum atomic E-state index is 13.1. The zero-order chi connectivity index (χ0) is 30.8. The van der Waals surface area contributed by atoms with Crippen molar-refractivity contribution in [3.63, 3.8) is 0 Å². The molecule has 3 N–H and O–H groups in total. The van der Waals surface area contributed by atoms with Crippen LogP contribution in [0.2, 0.25) is 10.0 Å². The van der Waals surface area contributed by atoms with Crippen LogP contribution in [0.25, 0.3) is 0 Å². The van der Waals surface area contributed by atoms with Crippen LogP contribution in [-0.4, -0.2) is 56.6 Å². The van der Waals surface area contributed by atoms with E-state index < -0.39 is 33.9 Å². The van der Waals surface area contributed by atoms with E-state index in [9.17, 15) is 23.3 Å². The Bertz CT molecular complexity index is 1570. The van der Waals surface area contributed by atoms with Crippen LogP contribution < -0.4 is 15.4 Å². The normalized spacial score (nSPS) is 14.7. The van der Waals surface area contributed by atoms with Crippen molar-refractivity contribution in [2.75, 3.05) is 23.7 Å². The topological polar surface area (TPSA) is 137 Å². The summed E-state index contributed by atoms with van der Waals surface area (Å²) in [5, 5.41) is 13.5. The number of halogens is 2. The quantitative estimate of drug-likeness (QED) is 0.343. The molecule has 42 heavy (non-hydrogen) atoms. The third-order valence-electron chi connectivity index (χ3n) is 7.14. The molecule has 9 nitrogen and oxygen atoms in total. The first-order valence-electron chi connectivity index (χ1n) is 13.2. The minimum Gasteiger partial charge on any atom is -0.368 e. The molecule has 1 aliphatic heterocycles. The van der Waals surface area contributed by atoms with Gasteiger partial charge in [-0.25, -0.2) is 8.42 Å². The fraction of sp³-hybridized carbons (Fsp3) is 0.300. The molecule has 3 aromatic rings. The number of carbonyl (C=O) groups excluding carboxylic acids is 2. The van der Waals surface area contributed by atoms with Crippen molar-refractivity contribution in [1.82, 2.24) is 10.2 Å². The summed E-state index contributed by atoms with van der Waals surface area (Å²) in [7, 11) is -3.83. The van der Waals surface area contributed by atoms with Gasteiger partial charge in [-0.2, -0.15) is 5.26 Å². The van der Waals surface area contributed by atoms with Crippen molar-refractivity contribution in [2.24, 2.45) is 11.7 Å². The zero-order valence-electron chi connectivity index (χ0n) is 23.3. The number of likely N-dealkylation sites (tertiary alicyclic amines) is 1. The van der Waals surface area contributed by atoms with E-state index in [1.807, 2.05) is 54.6 Å². The molecular weight excluding hydrogens is 597 g/mol. The second kappa shape index (κ2) is 12.7. The number of amides is 2. The summed E-state index contributed by atoms with van der Waals surface area (Å²) in [5.74, 6) is -1.61. The average molecular weight is 629 g/mol. The van der Waals surface area contributed by atoms with Crippen LogP contribution in [0.3, 0.4) is 0 Å². The minimum absolute atomic E-state index is 0.0426. The number of hydrogen-bond acceptors (Lipinski definition) is 6. The van der Waals surface area contributed by atoms with Crippen LogP contribution in [0, 0.1) is 17.2 Å². The van der Waals surface area contributed by atoms with Crippen molar-refractivity contribution < 1.29 is 18.0 Å². The number of nitrogens with two attached hydrogens (primary N) is 1. The summed E-state index contributed by atoms with van der Waals surface area (Å²) >= 11 is 12.3. The first-order valence-corrected chi connectivity index (χ1v) is 15.8. The standard InChI is InChI=1S/C30H31Cl2N5O4S/c1-18(2)27(29(34)38)35-30(39)22-12-19(15-33)13-25(14-22)37(42(3,40)41)26-16-36(17-26)28(20-4-8-23(31)9-5-20)21-6-10-24(32)11-7-21/h4-14,18,26-28H,16-17H2,1-3H3,(H2,34,38)(H,35,39)/t27-/m0/s1. The number of carbonyl (C=O) groups is 2. The third-order valence-corrected chi connectivity index (χ3v) is 8.87.